The molecule has 0 aliphatic carbocycles. The van der Waals surface area contributed by atoms with Gasteiger partial charge in [0.05, 0.1) is 13.2 Å². The van der Waals surface area contributed by atoms with E-state index in [0.29, 0.717) is 18.0 Å². The molecule has 5 N–H and O–H groups in total. The zero-order valence-electron chi connectivity index (χ0n) is 18.2. The second-order valence-electron chi connectivity index (χ2n) is 7.82. The van der Waals surface area contributed by atoms with E-state index >= 15 is 0 Å². The number of rotatable bonds is 10. The van der Waals surface area contributed by atoms with Crippen molar-refractivity contribution in [2.75, 3.05) is 18.5 Å². The summed E-state index contributed by atoms with van der Waals surface area (Å²) in [6.45, 7) is 1.18. The molecule has 1 atom stereocenters. The number of phosphoric acid groups is 1. The fraction of sp³-hybridized carbons (Fsp3) is 0.208. The van der Waals surface area contributed by atoms with Crippen LogP contribution in [0.15, 0.2) is 78.9 Å². The Balaban J connectivity index is 1.50. The Morgan fingerprint density at radius 3 is 2.33 bits per heavy atom. The summed E-state index contributed by atoms with van der Waals surface area (Å²) in [5, 5.41) is 2.60. The van der Waals surface area contributed by atoms with E-state index in [1.54, 1.807) is 24.3 Å². The Morgan fingerprint density at radius 2 is 1.67 bits per heavy atom. The van der Waals surface area contributed by atoms with Crippen molar-refractivity contribution in [3.05, 3.63) is 84.4 Å². The SMILES string of the molecule is C[C@](N)(COP(=O)(O)O)C(=O)Nc1ccc(OCCc2cccc(-c3ccccc3)c2)cc1. The molecule has 0 aromatic heterocycles. The summed E-state index contributed by atoms with van der Waals surface area (Å²) in [6.07, 6.45) is 0.740. The minimum absolute atomic E-state index is 0.468. The van der Waals surface area contributed by atoms with Gasteiger partial charge in [0, 0.05) is 12.1 Å². The summed E-state index contributed by atoms with van der Waals surface area (Å²) in [7, 11) is -4.72. The van der Waals surface area contributed by atoms with E-state index < -0.39 is 25.9 Å². The predicted octanol–water partition coefficient (Wildman–Crippen LogP) is 3.74. The Kier molecular flexibility index (Phi) is 8.02. The lowest BCUT2D eigenvalue weighted by Gasteiger charge is -2.23. The first kappa shape index (κ1) is 24.6. The number of phosphoric ester groups is 1. The maximum atomic E-state index is 12.3. The second-order valence-corrected chi connectivity index (χ2v) is 9.06. The number of nitrogens with two attached hydrogens (primary N) is 1. The van der Waals surface area contributed by atoms with Crippen molar-refractivity contribution in [1.82, 2.24) is 0 Å². The molecule has 0 spiro atoms. The predicted molar refractivity (Wildman–Crippen MR) is 127 cm³/mol. The molecular formula is C24H27N2O6P. The third-order valence-electron chi connectivity index (χ3n) is 4.86. The molecule has 0 unspecified atom stereocenters. The van der Waals surface area contributed by atoms with Gasteiger partial charge < -0.3 is 25.6 Å². The number of hydrogen-bond donors (Lipinski definition) is 4. The van der Waals surface area contributed by atoms with Crippen molar-refractivity contribution in [2.24, 2.45) is 5.73 Å². The zero-order valence-corrected chi connectivity index (χ0v) is 19.1. The summed E-state index contributed by atoms with van der Waals surface area (Å²) < 4.78 is 21.0. The van der Waals surface area contributed by atoms with Gasteiger partial charge in [-0.1, -0.05) is 54.6 Å². The fourth-order valence-electron chi connectivity index (χ4n) is 3.02. The Morgan fingerprint density at radius 1 is 1.00 bits per heavy atom. The lowest BCUT2D eigenvalue weighted by Crippen LogP contribution is -2.52. The van der Waals surface area contributed by atoms with E-state index in [1.165, 1.54) is 18.1 Å². The molecule has 3 aromatic rings. The van der Waals surface area contributed by atoms with E-state index in [1.807, 2.05) is 24.3 Å². The van der Waals surface area contributed by atoms with E-state index in [4.69, 9.17) is 20.3 Å². The number of anilines is 1. The van der Waals surface area contributed by atoms with Crippen LogP contribution in [-0.2, 0) is 20.3 Å². The third kappa shape index (κ3) is 7.82. The summed E-state index contributed by atoms with van der Waals surface area (Å²) in [5.74, 6) is 0.00970. The Labute approximate surface area is 192 Å². The highest BCUT2D eigenvalue weighted by molar-refractivity contribution is 7.46. The fourth-order valence-corrected chi connectivity index (χ4v) is 3.45. The van der Waals surface area contributed by atoms with Gasteiger partial charge in [0.25, 0.3) is 0 Å². The van der Waals surface area contributed by atoms with Crippen LogP contribution in [0.2, 0.25) is 0 Å². The lowest BCUT2D eigenvalue weighted by atomic mass is 10.0. The maximum absolute atomic E-state index is 12.3. The van der Waals surface area contributed by atoms with Crippen molar-refractivity contribution < 1.29 is 28.4 Å². The maximum Gasteiger partial charge on any atom is 0.469 e. The molecule has 33 heavy (non-hydrogen) atoms. The smallest absolute Gasteiger partial charge is 0.469 e. The summed E-state index contributed by atoms with van der Waals surface area (Å²) >= 11 is 0. The number of benzene rings is 3. The molecule has 0 saturated carbocycles. The molecule has 0 saturated heterocycles. The molecule has 0 heterocycles. The minimum atomic E-state index is -4.72. The highest BCUT2D eigenvalue weighted by Crippen LogP contribution is 2.36. The highest BCUT2D eigenvalue weighted by atomic mass is 31.2. The molecule has 0 bridgehead atoms. The van der Waals surface area contributed by atoms with Gasteiger partial charge >= 0.3 is 7.82 Å². The lowest BCUT2D eigenvalue weighted by molar-refractivity contribution is -0.121. The van der Waals surface area contributed by atoms with Crippen LogP contribution < -0.4 is 15.8 Å². The molecule has 174 valence electrons. The van der Waals surface area contributed by atoms with Crippen LogP contribution in [0.1, 0.15) is 12.5 Å². The number of amides is 1. The summed E-state index contributed by atoms with van der Waals surface area (Å²) in [5.41, 5.74) is 8.15. The molecular weight excluding hydrogens is 443 g/mol. The van der Waals surface area contributed by atoms with Crippen LogP contribution in [-0.4, -0.2) is 34.4 Å². The quantitative estimate of drug-likeness (QED) is 0.332. The first-order valence-electron chi connectivity index (χ1n) is 10.3. The molecule has 8 nitrogen and oxygen atoms in total. The molecule has 0 fully saturated rings. The molecule has 3 aromatic carbocycles. The Hall–Kier alpha value is -3.00. The van der Waals surface area contributed by atoms with Gasteiger partial charge in [-0.2, -0.15) is 0 Å². The van der Waals surface area contributed by atoms with Crippen LogP contribution in [0, 0.1) is 0 Å². The standard InChI is InChI=1S/C24H27N2O6P/c1-24(25,17-32-33(28,29)30)23(27)26-21-10-12-22(13-11-21)31-15-14-18-6-5-9-20(16-18)19-7-3-2-4-8-19/h2-13,16H,14-15,17,25H2,1H3,(H,26,27)(H2,28,29,30)/t24-/m0/s1. The molecule has 0 radical (unpaired) electrons. The van der Waals surface area contributed by atoms with Crippen LogP contribution in [0.5, 0.6) is 5.75 Å². The topological polar surface area (TPSA) is 131 Å². The average molecular weight is 470 g/mol. The molecule has 9 heteroatoms. The number of carbonyl (C=O) groups is 1. The van der Waals surface area contributed by atoms with Gasteiger partial charge in [0.2, 0.25) is 5.91 Å². The van der Waals surface area contributed by atoms with Gasteiger partial charge in [-0.05, 0) is 47.9 Å². The molecule has 1 amide bonds. The summed E-state index contributed by atoms with van der Waals surface area (Å²) in [6, 6.07) is 25.3. The van der Waals surface area contributed by atoms with Crippen molar-refractivity contribution in [1.29, 1.82) is 0 Å². The Bertz CT molecular complexity index is 1110. The van der Waals surface area contributed by atoms with Gasteiger partial charge in [-0.3, -0.25) is 9.32 Å². The monoisotopic (exact) mass is 470 g/mol. The van der Waals surface area contributed by atoms with Gasteiger partial charge in [0.15, 0.2) is 0 Å². The van der Waals surface area contributed by atoms with Crippen molar-refractivity contribution >= 4 is 19.4 Å². The normalized spacial score (nSPS) is 13.2. The average Bonchev–Trinajstić information content (AvgIpc) is 2.79. The minimum Gasteiger partial charge on any atom is -0.493 e. The molecule has 0 aliphatic heterocycles. The third-order valence-corrected chi connectivity index (χ3v) is 5.32. The van der Waals surface area contributed by atoms with Gasteiger partial charge in [-0.15, -0.1) is 0 Å². The molecule has 0 aliphatic rings. The van der Waals surface area contributed by atoms with E-state index in [2.05, 4.69) is 40.2 Å². The van der Waals surface area contributed by atoms with Crippen LogP contribution in [0.25, 0.3) is 11.1 Å². The van der Waals surface area contributed by atoms with Gasteiger partial charge in [-0.25, -0.2) is 4.57 Å². The van der Waals surface area contributed by atoms with Crippen molar-refractivity contribution in [3.63, 3.8) is 0 Å². The number of ether oxygens (including phenoxy) is 1. The highest BCUT2D eigenvalue weighted by Gasteiger charge is 2.32. The first-order chi connectivity index (χ1) is 15.6. The van der Waals surface area contributed by atoms with E-state index in [-0.39, 0.29) is 0 Å². The summed E-state index contributed by atoms with van der Waals surface area (Å²) in [4.78, 5) is 29.9. The second kappa shape index (κ2) is 10.7. The number of hydrogen-bond acceptors (Lipinski definition) is 5. The van der Waals surface area contributed by atoms with Crippen molar-refractivity contribution in [3.8, 4) is 16.9 Å². The molecule has 3 rings (SSSR count). The zero-order chi connectivity index (χ0) is 23.9. The number of nitrogens with one attached hydrogen (secondary N) is 1. The van der Waals surface area contributed by atoms with E-state index in [0.717, 1.165) is 12.0 Å². The first-order valence-corrected chi connectivity index (χ1v) is 11.8. The van der Waals surface area contributed by atoms with Gasteiger partial charge in [0.1, 0.15) is 11.3 Å². The largest absolute Gasteiger partial charge is 0.493 e. The van der Waals surface area contributed by atoms with E-state index in [9.17, 15) is 9.36 Å². The van der Waals surface area contributed by atoms with Crippen molar-refractivity contribution in [2.45, 2.75) is 18.9 Å². The van der Waals surface area contributed by atoms with Crippen LogP contribution in [0.4, 0.5) is 5.69 Å². The number of carbonyl (C=O) groups excluding carboxylic acids is 1. The van der Waals surface area contributed by atoms with Crippen LogP contribution >= 0.6 is 7.82 Å². The van der Waals surface area contributed by atoms with Crippen LogP contribution in [0.3, 0.4) is 0 Å².